The minimum Gasteiger partial charge on any atom is -0.480 e. The Kier molecular flexibility index (Phi) is 2.39. The number of aryl methyl sites for hydroxylation is 1. The molecule has 0 saturated carbocycles. The molecule has 0 amide bonds. The number of ether oxygens (including phenoxy) is 1. The average Bonchev–Trinajstić information content (AvgIpc) is 2.74. The molecular formula is C8H9N3OS2. The van der Waals surface area contributed by atoms with E-state index in [4.69, 9.17) is 10.5 Å². The van der Waals surface area contributed by atoms with Crippen LogP contribution < -0.4 is 10.5 Å². The van der Waals surface area contributed by atoms with Crippen LogP contribution in [0.2, 0.25) is 0 Å². The predicted molar refractivity (Wildman–Crippen MR) is 58.9 cm³/mol. The Bertz CT molecular complexity index is 430. The third-order valence-electron chi connectivity index (χ3n) is 1.74. The molecule has 0 aromatic carbocycles. The van der Waals surface area contributed by atoms with E-state index in [-0.39, 0.29) is 0 Å². The molecule has 0 fully saturated rings. The number of aromatic nitrogens is 2. The second kappa shape index (κ2) is 3.55. The van der Waals surface area contributed by atoms with Crippen molar-refractivity contribution in [3.8, 4) is 15.8 Å². The molecule has 74 valence electrons. The maximum absolute atomic E-state index is 5.67. The van der Waals surface area contributed by atoms with Crippen LogP contribution in [0.15, 0.2) is 6.07 Å². The number of nitrogens with two attached hydrogens (primary N) is 1. The van der Waals surface area contributed by atoms with Crippen molar-refractivity contribution in [2.75, 3.05) is 12.8 Å². The molecule has 2 aromatic rings. The van der Waals surface area contributed by atoms with Crippen LogP contribution in [0.3, 0.4) is 0 Å². The summed E-state index contributed by atoms with van der Waals surface area (Å²) in [6.07, 6.45) is 0. The monoisotopic (exact) mass is 227 g/mol. The highest BCUT2D eigenvalue weighted by atomic mass is 32.1. The Morgan fingerprint density at radius 1 is 1.50 bits per heavy atom. The first-order chi connectivity index (χ1) is 6.70. The van der Waals surface area contributed by atoms with Gasteiger partial charge < -0.3 is 10.5 Å². The summed E-state index contributed by atoms with van der Waals surface area (Å²) in [6, 6.07) is 1.86. The number of nitrogens with zero attached hydrogens (tertiary/aromatic N) is 2. The molecule has 2 rings (SSSR count). The van der Waals surface area contributed by atoms with Crippen molar-refractivity contribution in [1.29, 1.82) is 0 Å². The van der Waals surface area contributed by atoms with Gasteiger partial charge in [-0.2, -0.15) is 4.37 Å². The second-order valence-corrected chi connectivity index (χ2v) is 4.70. The Hall–Kier alpha value is -1.14. The van der Waals surface area contributed by atoms with Gasteiger partial charge in [-0.3, -0.25) is 0 Å². The minimum atomic E-state index is 0.595. The van der Waals surface area contributed by atoms with Crippen molar-refractivity contribution in [2.24, 2.45) is 0 Å². The van der Waals surface area contributed by atoms with Crippen molar-refractivity contribution in [1.82, 2.24) is 9.36 Å². The standard InChI is InChI=1S/C8H9N3OS2/c1-4-7(9)10-8(13-4)5-3-6(12-2)11-14-5/h3H,9H2,1-2H3. The SMILES string of the molecule is COc1cc(-c2nc(N)c(C)s2)sn1. The zero-order chi connectivity index (χ0) is 10.1. The van der Waals surface area contributed by atoms with Gasteiger partial charge in [-0.05, 0) is 18.5 Å². The summed E-state index contributed by atoms with van der Waals surface area (Å²) in [5.41, 5.74) is 5.67. The summed E-state index contributed by atoms with van der Waals surface area (Å²) in [5, 5.41) is 0.904. The Balaban J connectivity index is 2.39. The lowest BCUT2D eigenvalue weighted by Crippen LogP contribution is -1.85. The summed E-state index contributed by atoms with van der Waals surface area (Å²) < 4.78 is 9.09. The van der Waals surface area contributed by atoms with Gasteiger partial charge in [0, 0.05) is 10.9 Å². The van der Waals surface area contributed by atoms with Crippen molar-refractivity contribution in [2.45, 2.75) is 6.92 Å². The van der Waals surface area contributed by atoms with Gasteiger partial charge in [0.15, 0.2) is 0 Å². The molecule has 4 nitrogen and oxygen atoms in total. The van der Waals surface area contributed by atoms with Crippen LogP contribution in [0, 0.1) is 6.92 Å². The Morgan fingerprint density at radius 3 is 2.79 bits per heavy atom. The molecule has 0 unspecified atom stereocenters. The zero-order valence-corrected chi connectivity index (χ0v) is 9.41. The number of hydrogen-bond donors (Lipinski definition) is 1. The quantitative estimate of drug-likeness (QED) is 0.854. The van der Waals surface area contributed by atoms with Crippen molar-refractivity contribution < 1.29 is 4.74 Å². The molecular weight excluding hydrogens is 218 g/mol. The summed E-state index contributed by atoms with van der Waals surface area (Å²) in [7, 11) is 1.60. The maximum atomic E-state index is 5.67. The van der Waals surface area contributed by atoms with E-state index in [1.807, 2.05) is 13.0 Å². The molecule has 0 aliphatic carbocycles. The van der Waals surface area contributed by atoms with Gasteiger partial charge in [-0.25, -0.2) is 4.98 Å². The van der Waals surface area contributed by atoms with Crippen LogP contribution in [0.5, 0.6) is 5.88 Å². The number of anilines is 1. The molecule has 6 heteroatoms. The lowest BCUT2D eigenvalue weighted by Gasteiger charge is -1.87. The van der Waals surface area contributed by atoms with Gasteiger partial charge in [0.25, 0.3) is 0 Å². The number of methoxy groups -OCH3 is 1. The van der Waals surface area contributed by atoms with Gasteiger partial charge in [0.2, 0.25) is 5.88 Å². The molecule has 0 aliphatic heterocycles. The van der Waals surface area contributed by atoms with Gasteiger partial charge in [-0.1, -0.05) is 0 Å². The van der Waals surface area contributed by atoms with Crippen molar-refractivity contribution in [3.05, 3.63) is 10.9 Å². The van der Waals surface area contributed by atoms with E-state index in [9.17, 15) is 0 Å². The molecule has 0 atom stereocenters. The van der Waals surface area contributed by atoms with E-state index in [1.54, 1.807) is 18.4 Å². The first kappa shape index (κ1) is 9.42. The van der Waals surface area contributed by atoms with E-state index in [0.29, 0.717) is 11.7 Å². The predicted octanol–water partition coefficient (Wildman–Crippen LogP) is 2.17. The van der Waals surface area contributed by atoms with E-state index in [0.717, 1.165) is 14.8 Å². The van der Waals surface area contributed by atoms with Crippen LogP contribution in [-0.4, -0.2) is 16.5 Å². The van der Waals surface area contributed by atoms with E-state index >= 15 is 0 Å². The molecule has 2 aromatic heterocycles. The first-order valence-electron chi connectivity index (χ1n) is 3.94. The zero-order valence-electron chi connectivity index (χ0n) is 7.77. The van der Waals surface area contributed by atoms with Gasteiger partial charge in [0.05, 0.1) is 12.0 Å². The highest BCUT2D eigenvalue weighted by Crippen LogP contribution is 2.33. The summed E-state index contributed by atoms with van der Waals surface area (Å²) >= 11 is 2.94. The molecule has 0 bridgehead atoms. The van der Waals surface area contributed by atoms with Crippen LogP contribution in [-0.2, 0) is 0 Å². The van der Waals surface area contributed by atoms with Gasteiger partial charge >= 0.3 is 0 Å². The molecule has 0 saturated heterocycles. The van der Waals surface area contributed by atoms with Gasteiger partial charge in [0.1, 0.15) is 10.8 Å². The Labute approximate surface area is 89.5 Å². The van der Waals surface area contributed by atoms with Crippen molar-refractivity contribution in [3.63, 3.8) is 0 Å². The molecule has 0 spiro atoms. The molecule has 0 aliphatic rings. The number of rotatable bonds is 2. The fourth-order valence-electron chi connectivity index (χ4n) is 0.970. The van der Waals surface area contributed by atoms with E-state index < -0.39 is 0 Å². The van der Waals surface area contributed by atoms with E-state index in [2.05, 4.69) is 9.36 Å². The average molecular weight is 227 g/mol. The topological polar surface area (TPSA) is 61.0 Å². The third-order valence-corrected chi connectivity index (χ3v) is 3.67. The first-order valence-corrected chi connectivity index (χ1v) is 5.53. The van der Waals surface area contributed by atoms with Crippen molar-refractivity contribution >= 4 is 28.7 Å². The fraction of sp³-hybridized carbons (Fsp3) is 0.250. The van der Waals surface area contributed by atoms with Crippen LogP contribution >= 0.6 is 22.9 Å². The lowest BCUT2D eigenvalue weighted by molar-refractivity contribution is 0.403. The fourth-order valence-corrected chi connectivity index (χ4v) is 2.54. The van der Waals surface area contributed by atoms with Crippen LogP contribution in [0.1, 0.15) is 4.88 Å². The summed E-state index contributed by atoms with van der Waals surface area (Å²) in [5.74, 6) is 1.22. The molecule has 2 N–H and O–H groups in total. The maximum Gasteiger partial charge on any atom is 0.225 e. The highest BCUT2D eigenvalue weighted by molar-refractivity contribution is 7.19. The third kappa shape index (κ3) is 1.58. The Morgan fingerprint density at radius 2 is 2.29 bits per heavy atom. The molecule has 14 heavy (non-hydrogen) atoms. The number of nitrogen functional groups attached to an aromatic ring is 1. The number of hydrogen-bond acceptors (Lipinski definition) is 6. The normalized spacial score (nSPS) is 10.4. The summed E-state index contributed by atoms with van der Waals surface area (Å²) in [6.45, 7) is 1.95. The highest BCUT2D eigenvalue weighted by Gasteiger charge is 2.10. The van der Waals surface area contributed by atoms with Crippen LogP contribution in [0.25, 0.3) is 9.88 Å². The van der Waals surface area contributed by atoms with E-state index in [1.165, 1.54) is 11.5 Å². The molecule has 2 heterocycles. The summed E-state index contributed by atoms with van der Waals surface area (Å²) in [4.78, 5) is 6.27. The second-order valence-electron chi connectivity index (χ2n) is 2.69. The molecule has 0 radical (unpaired) electrons. The van der Waals surface area contributed by atoms with Crippen LogP contribution in [0.4, 0.5) is 5.82 Å². The van der Waals surface area contributed by atoms with Gasteiger partial charge in [-0.15, -0.1) is 11.3 Å². The largest absolute Gasteiger partial charge is 0.480 e. The number of thiazole rings is 1. The smallest absolute Gasteiger partial charge is 0.225 e. The lowest BCUT2D eigenvalue weighted by atomic mass is 10.5. The minimum absolute atomic E-state index is 0.595.